The van der Waals surface area contributed by atoms with Gasteiger partial charge in [0.1, 0.15) is 6.29 Å². The van der Waals surface area contributed by atoms with Gasteiger partial charge in [-0.1, -0.05) is 0 Å². The summed E-state index contributed by atoms with van der Waals surface area (Å²) < 4.78 is 0. The molecule has 0 aromatic heterocycles. The topological polar surface area (TPSA) is 60.2 Å². The van der Waals surface area contributed by atoms with E-state index in [1.54, 1.807) is 0 Å². The molecule has 0 aromatic carbocycles. The first-order valence-electron chi connectivity index (χ1n) is 2.08. The van der Waals surface area contributed by atoms with Crippen LogP contribution in [0.1, 0.15) is 6.42 Å². The highest BCUT2D eigenvalue weighted by Gasteiger charge is 2.02. The molecule has 0 rings (SSSR count). The number of carbonyl (C=O) groups excluding carboxylic acids is 2. The lowest BCUT2D eigenvalue weighted by Gasteiger charge is -1.93. The third-order valence-corrected chi connectivity index (χ3v) is 0.872. The van der Waals surface area contributed by atoms with E-state index in [9.17, 15) is 9.59 Å². The molecular formula is C4H7NO2S. The van der Waals surface area contributed by atoms with Crippen LogP contribution in [0.4, 0.5) is 0 Å². The predicted molar refractivity (Wildman–Crippen MR) is 32.6 cm³/mol. The number of rotatable bonds is 3. The average molecular weight is 133 g/mol. The molecule has 0 aromatic rings. The minimum absolute atomic E-state index is 0.0204. The molecule has 0 aliphatic rings. The van der Waals surface area contributed by atoms with Gasteiger partial charge in [-0.2, -0.15) is 12.6 Å². The molecule has 2 N–H and O–H groups in total. The normalized spacial score (nSPS) is 12.6. The van der Waals surface area contributed by atoms with E-state index in [0.29, 0.717) is 6.29 Å². The zero-order chi connectivity index (χ0) is 6.57. The molecule has 0 heterocycles. The molecule has 0 radical (unpaired) electrons. The number of aldehydes is 1. The molecule has 1 unspecified atom stereocenters. The van der Waals surface area contributed by atoms with E-state index in [4.69, 9.17) is 5.73 Å². The van der Waals surface area contributed by atoms with E-state index in [-0.39, 0.29) is 6.42 Å². The smallest absolute Gasteiger partial charge is 0.218 e. The Morgan fingerprint density at radius 2 is 2.38 bits per heavy atom. The van der Waals surface area contributed by atoms with Gasteiger partial charge in [-0.05, 0) is 0 Å². The van der Waals surface area contributed by atoms with Crippen molar-refractivity contribution in [1.29, 1.82) is 0 Å². The average Bonchev–Trinajstić information content (AvgIpc) is 1.65. The van der Waals surface area contributed by atoms with Crippen LogP contribution in [0.25, 0.3) is 0 Å². The summed E-state index contributed by atoms with van der Waals surface area (Å²) in [5, 5.41) is -0.535. The Morgan fingerprint density at radius 3 is 2.50 bits per heavy atom. The molecule has 0 fully saturated rings. The van der Waals surface area contributed by atoms with Crippen LogP contribution in [-0.2, 0) is 9.59 Å². The first kappa shape index (κ1) is 7.49. The van der Waals surface area contributed by atoms with E-state index in [1.165, 1.54) is 0 Å². The summed E-state index contributed by atoms with van der Waals surface area (Å²) in [5.41, 5.74) is 4.72. The largest absolute Gasteiger partial charge is 0.370 e. The molecule has 3 nitrogen and oxygen atoms in total. The van der Waals surface area contributed by atoms with Crippen LogP contribution in [0.15, 0.2) is 0 Å². The highest BCUT2D eigenvalue weighted by Crippen LogP contribution is 1.94. The maximum absolute atomic E-state index is 9.98. The van der Waals surface area contributed by atoms with Crippen molar-refractivity contribution in [2.45, 2.75) is 11.7 Å². The zero-order valence-electron chi connectivity index (χ0n) is 4.20. The van der Waals surface area contributed by atoms with E-state index < -0.39 is 11.2 Å². The Balaban J connectivity index is 3.38. The van der Waals surface area contributed by atoms with E-state index in [1.807, 2.05) is 0 Å². The summed E-state index contributed by atoms with van der Waals surface area (Å²) in [5.74, 6) is -0.503. The van der Waals surface area contributed by atoms with Gasteiger partial charge in [0, 0.05) is 6.42 Å². The minimum Gasteiger partial charge on any atom is -0.370 e. The fourth-order valence-electron chi connectivity index (χ4n) is 0.254. The van der Waals surface area contributed by atoms with Crippen LogP contribution in [0, 0.1) is 0 Å². The summed E-state index contributed by atoms with van der Waals surface area (Å²) in [6, 6.07) is 0. The second-order valence-corrected chi connectivity index (χ2v) is 2.04. The quantitative estimate of drug-likeness (QED) is 0.397. The van der Waals surface area contributed by atoms with Crippen molar-refractivity contribution in [3.05, 3.63) is 0 Å². The third kappa shape index (κ3) is 3.67. The second kappa shape index (κ2) is 3.49. The Labute approximate surface area is 52.7 Å². The number of hydrogen-bond donors (Lipinski definition) is 2. The number of amides is 1. The summed E-state index contributed by atoms with van der Waals surface area (Å²) >= 11 is 3.70. The van der Waals surface area contributed by atoms with Crippen molar-refractivity contribution in [1.82, 2.24) is 0 Å². The molecule has 46 valence electrons. The number of carbonyl (C=O) groups is 2. The van der Waals surface area contributed by atoms with Gasteiger partial charge in [-0.15, -0.1) is 0 Å². The maximum Gasteiger partial charge on any atom is 0.218 e. The molecule has 1 amide bonds. The molecule has 4 heteroatoms. The lowest BCUT2D eigenvalue weighted by molar-refractivity contribution is -0.119. The van der Waals surface area contributed by atoms with Crippen molar-refractivity contribution in [2.75, 3.05) is 0 Å². The van der Waals surface area contributed by atoms with Crippen molar-refractivity contribution >= 4 is 24.8 Å². The maximum atomic E-state index is 9.98. The predicted octanol–water partition coefficient (Wildman–Crippen LogP) is -0.641. The van der Waals surface area contributed by atoms with Crippen molar-refractivity contribution in [3.63, 3.8) is 0 Å². The van der Waals surface area contributed by atoms with Crippen molar-refractivity contribution in [3.8, 4) is 0 Å². The van der Waals surface area contributed by atoms with E-state index in [0.717, 1.165) is 0 Å². The molecule has 0 spiro atoms. The first-order chi connectivity index (χ1) is 3.66. The Morgan fingerprint density at radius 1 is 1.88 bits per heavy atom. The molecular weight excluding hydrogens is 126 g/mol. The number of nitrogens with two attached hydrogens (primary N) is 1. The SMILES string of the molecule is NC(=O)CC(S)C=O. The molecule has 8 heavy (non-hydrogen) atoms. The lowest BCUT2D eigenvalue weighted by Crippen LogP contribution is -2.16. The Hall–Kier alpha value is -0.510. The van der Waals surface area contributed by atoms with E-state index >= 15 is 0 Å². The zero-order valence-corrected chi connectivity index (χ0v) is 5.10. The standard InChI is InChI=1S/C4H7NO2S/c5-4(7)1-3(8)2-6/h2-3,8H,1H2,(H2,5,7). The van der Waals surface area contributed by atoms with Gasteiger partial charge in [0.15, 0.2) is 0 Å². The monoisotopic (exact) mass is 133 g/mol. The molecule has 0 saturated carbocycles. The highest BCUT2D eigenvalue weighted by atomic mass is 32.1. The minimum atomic E-state index is -0.535. The summed E-state index contributed by atoms with van der Waals surface area (Å²) in [6.07, 6.45) is 0.598. The number of primary amides is 1. The van der Waals surface area contributed by atoms with Gasteiger partial charge in [-0.25, -0.2) is 0 Å². The van der Waals surface area contributed by atoms with Gasteiger partial charge in [0.2, 0.25) is 5.91 Å². The molecule has 0 bridgehead atoms. The van der Waals surface area contributed by atoms with Crippen LogP contribution in [0.2, 0.25) is 0 Å². The van der Waals surface area contributed by atoms with Gasteiger partial charge >= 0.3 is 0 Å². The molecule has 0 aliphatic carbocycles. The van der Waals surface area contributed by atoms with E-state index in [2.05, 4.69) is 12.6 Å². The third-order valence-electron chi connectivity index (χ3n) is 0.567. The Kier molecular flexibility index (Phi) is 3.26. The molecule has 0 saturated heterocycles. The first-order valence-corrected chi connectivity index (χ1v) is 2.60. The number of thiol groups is 1. The van der Waals surface area contributed by atoms with Crippen LogP contribution in [0.5, 0.6) is 0 Å². The van der Waals surface area contributed by atoms with Crippen molar-refractivity contribution in [2.24, 2.45) is 5.73 Å². The van der Waals surface area contributed by atoms with Gasteiger partial charge in [-0.3, -0.25) is 4.79 Å². The van der Waals surface area contributed by atoms with Crippen LogP contribution >= 0.6 is 12.6 Å². The van der Waals surface area contributed by atoms with Crippen molar-refractivity contribution < 1.29 is 9.59 Å². The molecule has 1 atom stereocenters. The second-order valence-electron chi connectivity index (χ2n) is 1.37. The van der Waals surface area contributed by atoms with Crippen LogP contribution in [0.3, 0.4) is 0 Å². The Bertz CT molecular complexity index is 104. The molecule has 0 aliphatic heterocycles. The van der Waals surface area contributed by atoms with Gasteiger partial charge < -0.3 is 10.5 Å². The van der Waals surface area contributed by atoms with Crippen LogP contribution in [-0.4, -0.2) is 17.4 Å². The van der Waals surface area contributed by atoms with Gasteiger partial charge in [0.05, 0.1) is 5.25 Å². The number of hydrogen-bond acceptors (Lipinski definition) is 3. The fraction of sp³-hybridized carbons (Fsp3) is 0.500. The van der Waals surface area contributed by atoms with Crippen LogP contribution < -0.4 is 5.73 Å². The fourth-order valence-corrected chi connectivity index (χ4v) is 0.434. The summed E-state index contributed by atoms with van der Waals surface area (Å²) in [7, 11) is 0. The van der Waals surface area contributed by atoms with Gasteiger partial charge in [0.25, 0.3) is 0 Å². The summed E-state index contributed by atoms with van der Waals surface area (Å²) in [4.78, 5) is 19.7. The highest BCUT2D eigenvalue weighted by molar-refractivity contribution is 7.81. The lowest BCUT2D eigenvalue weighted by atomic mass is 10.3. The summed E-state index contributed by atoms with van der Waals surface area (Å²) in [6.45, 7) is 0.